The summed E-state index contributed by atoms with van der Waals surface area (Å²) < 4.78 is 53.1. The fourth-order valence-electron chi connectivity index (χ4n) is 2.81. The summed E-state index contributed by atoms with van der Waals surface area (Å²) in [4.78, 5) is 0. The van der Waals surface area contributed by atoms with Gasteiger partial charge in [0.05, 0.1) is 11.3 Å². The first kappa shape index (κ1) is 18.8. The minimum Gasteiger partial charge on any atom is -0.507 e. The average molecular weight is 376 g/mol. The minimum atomic E-state index is -4.56. The van der Waals surface area contributed by atoms with E-state index in [0.29, 0.717) is 22.8 Å². The third kappa shape index (κ3) is 3.63. The van der Waals surface area contributed by atoms with Gasteiger partial charge in [-0.25, -0.2) is 4.39 Å². The Morgan fingerprint density at radius 3 is 2.19 bits per heavy atom. The SMILES string of the molecule is Cc1c(-c2ccc(C(F)(F)F)cc2O)nnc(C(F)c2ccccc2)c1C. The highest BCUT2D eigenvalue weighted by Gasteiger charge is 2.31. The van der Waals surface area contributed by atoms with E-state index in [-0.39, 0.29) is 17.0 Å². The Bertz CT molecular complexity index is 972. The van der Waals surface area contributed by atoms with Crippen molar-refractivity contribution < 1.29 is 22.7 Å². The lowest BCUT2D eigenvalue weighted by Gasteiger charge is -2.16. The van der Waals surface area contributed by atoms with Crippen LogP contribution in [0.3, 0.4) is 0 Å². The summed E-state index contributed by atoms with van der Waals surface area (Å²) in [6, 6.07) is 11.1. The van der Waals surface area contributed by atoms with Crippen molar-refractivity contribution in [2.24, 2.45) is 0 Å². The molecule has 0 aliphatic heterocycles. The number of benzene rings is 2. The van der Waals surface area contributed by atoms with Crippen molar-refractivity contribution in [3.63, 3.8) is 0 Å². The van der Waals surface area contributed by atoms with Gasteiger partial charge in [-0.15, -0.1) is 5.10 Å². The van der Waals surface area contributed by atoms with Crippen LogP contribution in [0.4, 0.5) is 17.6 Å². The van der Waals surface area contributed by atoms with Crippen LogP contribution in [0.2, 0.25) is 0 Å². The first-order chi connectivity index (χ1) is 12.7. The second-order valence-electron chi connectivity index (χ2n) is 6.19. The van der Waals surface area contributed by atoms with E-state index < -0.39 is 23.7 Å². The molecular weight excluding hydrogens is 360 g/mol. The van der Waals surface area contributed by atoms with Crippen molar-refractivity contribution in [1.82, 2.24) is 10.2 Å². The Hall–Kier alpha value is -2.96. The molecule has 1 N–H and O–H groups in total. The Morgan fingerprint density at radius 1 is 0.926 bits per heavy atom. The normalized spacial score (nSPS) is 12.8. The van der Waals surface area contributed by atoms with Crippen LogP contribution in [-0.4, -0.2) is 15.3 Å². The van der Waals surface area contributed by atoms with E-state index in [0.717, 1.165) is 12.1 Å². The third-order valence-electron chi connectivity index (χ3n) is 4.47. The molecule has 140 valence electrons. The summed E-state index contributed by atoms with van der Waals surface area (Å²) in [7, 11) is 0. The predicted octanol–water partition coefficient (Wildman–Crippen LogP) is 5.54. The highest BCUT2D eigenvalue weighted by Crippen LogP contribution is 2.38. The molecule has 2 aromatic carbocycles. The molecule has 1 unspecified atom stereocenters. The number of phenolic OH excluding ortho intramolecular Hbond substituents is 1. The fourth-order valence-corrected chi connectivity index (χ4v) is 2.81. The number of phenols is 1. The standard InChI is InChI=1S/C20H16F4N2O/c1-11-12(2)19(17(21)13-6-4-3-5-7-13)26-25-18(11)15-9-8-14(10-16(15)27)20(22,23)24/h3-10,17,27H,1-2H3. The predicted molar refractivity (Wildman–Crippen MR) is 93.0 cm³/mol. The van der Waals surface area contributed by atoms with Gasteiger partial charge in [-0.2, -0.15) is 18.3 Å². The van der Waals surface area contributed by atoms with Crippen LogP contribution in [0.1, 0.15) is 34.1 Å². The van der Waals surface area contributed by atoms with E-state index >= 15 is 0 Å². The number of hydrogen-bond acceptors (Lipinski definition) is 3. The molecule has 3 nitrogen and oxygen atoms in total. The van der Waals surface area contributed by atoms with Crippen LogP contribution in [0.15, 0.2) is 48.5 Å². The number of aromatic nitrogens is 2. The first-order valence-corrected chi connectivity index (χ1v) is 8.13. The molecule has 0 bridgehead atoms. The molecule has 0 radical (unpaired) electrons. The van der Waals surface area contributed by atoms with Crippen LogP contribution < -0.4 is 0 Å². The summed E-state index contributed by atoms with van der Waals surface area (Å²) in [5, 5.41) is 18.0. The van der Waals surface area contributed by atoms with Crippen LogP contribution in [0.25, 0.3) is 11.3 Å². The molecular formula is C20H16F4N2O. The van der Waals surface area contributed by atoms with Gasteiger partial charge in [-0.3, -0.25) is 0 Å². The van der Waals surface area contributed by atoms with Gasteiger partial charge in [-0.05, 0) is 48.7 Å². The van der Waals surface area contributed by atoms with Crippen molar-refractivity contribution in [3.8, 4) is 17.0 Å². The van der Waals surface area contributed by atoms with Crippen LogP contribution >= 0.6 is 0 Å². The monoisotopic (exact) mass is 376 g/mol. The molecule has 0 saturated carbocycles. The van der Waals surface area contributed by atoms with Gasteiger partial charge < -0.3 is 5.11 Å². The van der Waals surface area contributed by atoms with Crippen molar-refractivity contribution in [3.05, 3.63) is 76.5 Å². The van der Waals surface area contributed by atoms with Crippen molar-refractivity contribution >= 4 is 0 Å². The number of nitrogens with zero attached hydrogens (tertiary/aromatic N) is 2. The number of halogens is 4. The molecule has 7 heteroatoms. The molecule has 0 spiro atoms. The number of aromatic hydroxyl groups is 1. The summed E-state index contributed by atoms with van der Waals surface area (Å²) in [6.07, 6.45) is -6.04. The van der Waals surface area contributed by atoms with Gasteiger partial charge in [0.25, 0.3) is 0 Å². The topological polar surface area (TPSA) is 46.0 Å². The van der Waals surface area contributed by atoms with E-state index in [9.17, 15) is 22.7 Å². The maximum absolute atomic E-state index is 14.8. The maximum Gasteiger partial charge on any atom is 0.416 e. The molecule has 0 aliphatic rings. The van der Waals surface area contributed by atoms with Gasteiger partial charge in [0.2, 0.25) is 0 Å². The quantitative estimate of drug-likeness (QED) is 0.610. The third-order valence-corrected chi connectivity index (χ3v) is 4.47. The highest BCUT2D eigenvalue weighted by molar-refractivity contribution is 5.71. The molecule has 0 saturated heterocycles. The smallest absolute Gasteiger partial charge is 0.416 e. The van der Waals surface area contributed by atoms with Crippen molar-refractivity contribution in [2.75, 3.05) is 0 Å². The number of hydrogen-bond donors (Lipinski definition) is 1. The molecule has 3 rings (SSSR count). The molecule has 1 atom stereocenters. The maximum atomic E-state index is 14.8. The summed E-state index contributed by atoms with van der Waals surface area (Å²) in [5.41, 5.74) is 0.980. The zero-order valence-corrected chi connectivity index (χ0v) is 14.5. The van der Waals surface area contributed by atoms with E-state index in [1.54, 1.807) is 44.2 Å². The Balaban J connectivity index is 2.03. The van der Waals surface area contributed by atoms with E-state index in [1.807, 2.05) is 0 Å². The number of alkyl halides is 4. The van der Waals surface area contributed by atoms with E-state index in [1.165, 1.54) is 0 Å². The molecule has 27 heavy (non-hydrogen) atoms. The molecule has 1 aromatic heterocycles. The second-order valence-corrected chi connectivity index (χ2v) is 6.19. The lowest BCUT2D eigenvalue weighted by atomic mass is 9.97. The average Bonchev–Trinajstić information content (AvgIpc) is 2.64. The van der Waals surface area contributed by atoms with Crippen LogP contribution in [0, 0.1) is 13.8 Å². The summed E-state index contributed by atoms with van der Waals surface area (Å²) >= 11 is 0. The number of rotatable bonds is 3. The lowest BCUT2D eigenvalue weighted by Crippen LogP contribution is -2.07. The van der Waals surface area contributed by atoms with E-state index in [2.05, 4.69) is 10.2 Å². The second kappa shape index (κ2) is 6.98. The lowest BCUT2D eigenvalue weighted by molar-refractivity contribution is -0.137. The van der Waals surface area contributed by atoms with E-state index in [4.69, 9.17) is 0 Å². The molecule has 0 aliphatic carbocycles. The van der Waals surface area contributed by atoms with Gasteiger partial charge in [-0.1, -0.05) is 30.3 Å². The Morgan fingerprint density at radius 2 is 1.59 bits per heavy atom. The van der Waals surface area contributed by atoms with Crippen molar-refractivity contribution in [1.29, 1.82) is 0 Å². The Kier molecular flexibility index (Phi) is 4.87. The van der Waals surface area contributed by atoms with Crippen LogP contribution in [-0.2, 0) is 6.18 Å². The molecule has 0 fully saturated rings. The first-order valence-electron chi connectivity index (χ1n) is 8.13. The van der Waals surface area contributed by atoms with Gasteiger partial charge in [0, 0.05) is 5.56 Å². The minimum absolute atomic E-state index is 0.109. The van der Waals surface area contributed by atoms with Crippen molar-refractivity contribution in [2.45, 2.75) is 26.2 Å². The molecule has 0 amide bonds. The molecule has 3 aromatic rings. The van der Waals surface area contributed by atoms with Gasteiger partial charge in [0.1, 0.15) is 11.4 Å². The van der Waals surface area contributed by atoms with Gasteiger partial charge in [0.15, 0.2) is 6.17 Å². The van der Waals surface area contributed by atoms with Crippen LogP contribution in [0.5, 0.6) is 5.75 Å². The Labute approximate surface area is 153 Å². The molecule has 1 heterocycles. The van der Waals surface area contributed by atoms with Gasteiger partial charge >= 0.3 is 6.18 Å². The largest absolute Gasteiger partial charge is 0.507 e. The zero-order chi connectivity index (χ0) is 19.8. The highest BCUT2D eigenvalue weighted by atomic mass is 19.4. The fraction of sp³-hybridized carbons (Fsp3) is 0.200. The summed E-state index contributed by atoms with van der Waals surface area (Å²) in [5.74, 6) is -0.561. The summed E-state index contributed by atoms with van der Waals surface area (Å²) in [6.45, 7) is 3.33. The zero-order valence-electron chi connectivity index (χ0n) is 14.5.